The Labute approximate surface area is 103 Å². The molecule has 0 radical (unpaired) electrons. The van der Waals surface area contributed by atoms with Crippen molar-refractivity contribution in [2.75, 3.05) is 12.8 Å². The number of aryl methyl sites for hydroxylation is 3. The smallest absolute Gasteiger partial charge is 0.232 e. The minimum Gasteiger partial charge on any atom is -0.341 e. The average Bonchev–Trinajstić information content (AvgIpc) is 2.21. The molecule has 0 aliphatic carbocycles. The normalized spacial score (nSPS) is 10.3. The summed E-state index contributed by atoms with van der Waals surface area (Å²) in [7, 11) is 1.82. The molecule has 0 bridgehead atoms. The third-order valence-electron chi connectivity index (χ3n) is 2.80. The molecular formula is C13H19NOS. The Morgan fingerprint density at radius 2 is 1.75 bits per heavy atom. The molecule has 1 amide bonds. The molecule has 1 rings (SSSR count). The Morgan fingerprint density at radius 1 is 1.25 bits per heavy atom. The maximum atomic E-state index is 11.5. The van der Waals surface area contributed by atoms with Gasteiger partial charge in [0.1, 0.15) is 0 Å². The van der Waals surface area contributed by atoms with Crippen LogP contribution in [-0.4, -0.2) is 23.6 Å². The maximum Gasteiger partial charge on any atom is 0.232 e. The van der Waals surface area contributed by atoms with E-state index in [9.17, 15) is 4.79 Å². The fraction of sp³-hybridized carbons (Fsp3) is 0.462. The summed E-state index contributed by atoms with van der Waals surface area (Å²) in [6, 6.07) is 4.31. The summed E-state index contributed by atoms with van der Waals surface area (Å²) >= 11 is 4.00. The van der Waals surface area contributed by atoms with Gasteiger partial charge in [-0.25, -0.2) is 0 Å². The minimum absolute atomic E-state index is 0.0581. The molecule has 0 saturated heterocycles. The molecule has 0 heterocycles. The van der Waals surface area contributed by atoms with Crippen LogP contribution in [0.2, 0.25) is 0 Å². The van der Waals surface area contributed by atoms with E-state index in [4.69, 9.17) is 0 Å². The van der Waals surface area contributed by atoms with Gasteiger partial charge in [-0.1, -0.05) is 17.7 Å². The van der Waals surface area contributed by atoms with Gasteiger partial charge < -0.3 is 4.90 Å². The Balaban J connectivity index is 2.93. The fourth-order valence-corrected chi connectivity index (χ4v) is 2.15. The molecule has 2 nitrogen and oxygen atoms in total. The van der Waals surface area contributed by atoms with E-state index >= 15 is 0 Å². The molecule has 0 aliphatic heterocycles. The number of benzene rings is 1. The number of amides is 1. The topological polar surface area (TPSA) is 20.3 Å². The van der Waals surface area contributed by atoms with Gasteiger partial charge in [0.15, 0.2) is 0 Å². The summed E-state index contributed by atoms with van der Waals surface area (Å²) in [4.78, 5) is 13.2. The van der Waals surface area contributed by atoms with E-state index in [2.05, 4.69) is 45.5 Å². The van der Waals surface area contributed by atoms with Crippen molar-refractivity contribution in [2.45, 2.75) is 27.3 Å². The molecule has 1 aromatic rings. The van der Waals surface area contributed by atoms with E-state index in [0.29, 0.717) is 6.54 Å². The quantitative estimate of drug-likeness (QED) is 0.801. The van der Waals surface area contributed by atoms with Crippen molar-refractivity contribution in [3.63, 3.8) is 0 Å². The highest BCUT2D eigenvalue weighted by Gasteiger charge is 2.10. The van der Waals surface area contributed by atoms with Crippen molar-refractivity contribution in [1.82, 2.24) is 4.90 Å². The number of carbonyl (C=O) groups excluding carboxylic acids is 1. The van der Waals surface area contributed by atoms with Crippen molar-refractivity contribution in [1.29, 1.82) is 0 Å². The first-order chi connectivity index (χ1) is 7.45. The molecule has 1 aromatic carbocycles. The molecule has 0 aromatic heterocycles. The summed E-state index contributed by atoms with van der Waals surface area (Å²) < 4.78 is 0. The van der Waals surface area contributed by atoms with Crippen LogP contribution in [0.5, 0.6) is 0 Å². The second-order valence-electron chi connectivity index (χ2n) is 4.29. The Hall–Kier alpha value is -0.960. The molecule has 16 heavy (non-hydrogen) atoms. The van der Waals surface area contributed by atoms with Gasteiger partial charge in [-0.2, -0.15) is 12.6 Å². The van der Waals surface area contributed by atoms with E-state index in [1.807, 2.05) is 7.05 Å². The fourth-order valence-electron chi connectivity index (χ4n) is 1.91. The Kier molecular flexibility index (Phi) is 4.42. The molecule has 88 valence electrons. The highest BCUT2D eigenvalue weighted by molar-refractivity contribution is 7.81. The number of rotatable bonds is 3. The molecule has 0 aliphatic rings. The van der Waals surface area contributed by atoms with Crippen LogP contribution in [0.3, 0.4) is 0 Å². The number of hydrogen-bond acceptors (Lipinski definition) is 2. The standard InChI is InChI=1S/C13H19NOS/c1-9-5-10(2)12(11(3)6-9)7-14(4)13(15)8-16/h5-6,16H,7-8H2,1-4H3. The third kappa shape index (κ3) is 3.01. The average molecular weight is 237 g/mol. The lowest BCUT2D eigenvalue weighted by Crippen LogP contribution is -2.27. The largest absolute Gasteiger partial charge is 0.341 e. The van der Waals surface area contributed by atoms with Crippen molar-refractivity contribution >= 4 is 18.5 Å². The molecule has 3 heteroatoms. The summed E-state index contributed by atoms with van der Waals surface area (Å²) in [5.41, 5.74) is 5.00. The van der Waals surface area contributed by atoms with Crippen LogP contribution in [0.1, 0.15) is 22.3 Å². The molecule has 0 N–H and O–H groups in total. The first-order valence-electron chi connectivity index (χ1n) is 5.37. The van der Waals surface area contributed by atoms with E-state index in [1.54, 1.807) is 4.90 Å². The number of nitrogens with zero attached hydrogens (tertiary/aromatic N) is 1. The highest BCUT2D eigenvalue weighted by Crippen LogP contribution is 2.17. The van der Waals surface area contributed by atoms with Crippen LogP contribution in [0.15, 0.2) is 12.1 Å². The predicted octanol–water partition coefficient (Wildman–Crippen LogP) is 2.50. The number of thiol groups is 1. The van der Waals surface area contributed by atoms with Crippen LogP contribution in [0, 0.1) is 20.8 Å². The summed E-state index contributed by atoms with van der Waals surface area (Å²) in [5, 5.41) is 0. The van der Waals surface area contributed by atoms with Gasteiger partial charge in [0.25, 0.3) is 0 Å². The number of carbonyl (C=O) groups is 1. The second-order valence-corrected chi connectivity index (χ2v) is 4.60. The van der Waals surface area contributed by atoms with Crippen LogP contribution >= 0.6 is 12.6 Å². The van der Waals surface area contributed by atoms with Gasteiger partial charge in [-0.3, -0.25) is 4.79 Å². The van der Waals surface area contributed by atoms with Gasteiger partial charge in [0, 0.05) is 13.6 Å². The summed E-state index contributed by atoms with van der Waals surface area (Å²) in [5.74, 6) is 0.322. The number of hydrogen-bond donors (Lipinski definition) is 1. The maximum absolute atomic E-state index is 11.5. The third-order valence-corrected chi connectivity index (χ3v) is 3.07. The zero-order valence-corrected chi connectivity index (χ0v) is 11.3. The lowest BCUT2D eigenvalue weighted by molar-refractivity contribution is -0.127. The van der Waals surface area contributed by atoms with Crippen LogP contribution in [0.4, 0.5) is 0 Å². The van der Waals surface area contributed by atoms with Gasteiger partial charge >= 0.3 is 0 Å². The lowest BCUT2D eigenvalue weighted by Gasteiger charge is -2.19. The highest BCUT2D eigenvalue weighted by atomic mass is 32.1. The van der Waals surface area contributed by atoms with Gasteiger partial charge in [-0.05, 0) is 37.5 Å². The Bertz CT molecular complexity index is 378. The van der Waals surface area contributed by atoms with E-state index in [1.165, 1.54) is 22.3 Å². The van der Waals surface area contributed by atoms with Crippen LogP contribution < -0.4 is 0 Å². The summed E-state index contributed by atoms with van der Waals surface area (Å²) in [6.45, 7) is 6.94. The Morgan fingerprint density at radius 3 is 2.19 bits per heavy atom. The second kappa shape index (κ2) is 5.39. The molecule has 0 unspecified atom stereocenters. The van der Waals surface area contributed by atoms with Crippen molar-refractivity contribution in [3.8, 4) is 0 Å². The molecule has 0 saturated carbocycles. The molecular weight excluding hydrogens is 218 g/mol. The summed E-state index contributed by atoms with van der Waals surface area (Å²) in [6.07, 6.45) is 0. The molecule has 0 atom stereocenters. The minimum atomic E-state index is 0.0581. The van der Waals surface area contributed by atoms with Crippen molar-refractivity contribution in [3.05, 3.63) is 34.4 Å². The predicted molar refractivity (Wildman–Crippen MR) is 71.0 cm³/mol. The monoisotopic (exact) mass is 237 g/mol. The molecule has 0 fully saturated rings. The van der Waals surface area contributed by atoms with E-state index < -0.39 is 0 Å². The van der Waals surface area contributed by atoms with Gasteiger partial charge in [0.2, 0.25) is 5.91 Å². The van der Waals surface area contributed by atoms with Gasteiger partial charge in [0.05, 0.1) is 5.75 Å². The van der Waals surface area contributed by atoms with E-state index in [0.717, 1.165) is 0 Å². The molecule has 0 spiro atoms. The van der Waals surface area contributed by atoms with Crippen molar-refractivity contribution in [2.24, 2.45) is 0 Å². The SMILES string of the molecule is Cc1cc(C)c(CN(C)C(=O)CS)c(C)c1. The lowest BCUT2D eigenvalue weighted by atomic mass is 9.99. The zero-order chi connectivity index (χ0) is 12.3. The van der Waals surface area contributed by atoms with Gasteiger partial charge in [-0.15, -0.1) is 0 Å². The van der Waals surface area contributed by atoms with Crippen molar-refractivity contribution < 1.29 is 4.79 Å². The van der Waals surface area contributed by atoms with E-state index in [-0.39, 0.29) is 11.7 Å². The van der Waals surface area contributed by atoms with Crippen LogP contribution in [0.25, 0.3) is 0 Å². The van der Waals surface area contributed by atoms with Crippen LogP contribution in [-0.2, 0) is 11.3 Å². The first kappa shape index (κ1) is 13.1. The first-order valence-corrected chi connectivity index (χ1v) is 6.00. The zero-order valence-electron chi connectivity index (χ0n) is 10.4.